The Morgan fingerprint density at radius 1 is 1.03 bits per heavy atom. The SMILES string of the molecule is O=C1CCC(N2Cc3c(cc(F)cc3C3CCN(S(=O)(=O)c4ccccc4Cl)CC3)C2=O)C(=O)N1. The van der Waals surface area contributed by atoms with Gasteiger partial charge in [-0.3, -0.25) is 19.7 Å². The Kier molecular flexibility index (Phi) is 6.14. The molecule has 2 fully saturated rings. The number of rotatable bonds is 4. The number of carbonyl (C=O) groups is 3. The highest BCUT2D eigenvalue weighted by atomic mass is 35.5. The summed E-state index contributed by atoms with van der Waals surface area (Å²) < 4.78 is 42.1. The highest BCUT2D eigenvalue weighted by Crippen LogP contribution is 2.39. The fourth-order valence-electron chi connectivity index (χ4n) is 5.22. The molecule has 11 heteroatoms. The van der Waals surface area contributed by atoms with Gasteiger partial charge in [-0.25, -0.2) is 12.8 Å². The molecule has 2 saturated heterocycles. The van der Waals surface area contributed by atoms with Crippen LogP contribution in [0.3, 0.4) is 0 Å². The third-order valence-corrected chi connectivity index (χ3v) is 9.40. The highest BCUT2D eigenvalue weighted by molar-refractivity contribution is 7.89. The lowest BCUT2D eigenvalue weighted by Gasteiger charge is -2.32. The molecule has 184 valence electrons. The fraction of sp³-hybridized carbons (Fsp3) is 0.375. The van der Waals surface area contributed by atoms with Crippen LogP contribution in [0.4, 0.5) is 4.39 Å². The number of piperidine rings is 2. The predicted octanol–water partition coefficient (Wildman–Crippen LogP) is 2.81. The average Bonchev–Trinajstić information content (AvgIpc) is 3.15. The molecule has 0 bridgehead atoms. The molecule has 1 atom stereocenters. The summed E-state index contributed by atoms with van der Waals surface area (Å²) >= 11 is 6.11. The van der Waals surface area contributed by atoms with Crippen molar-refractivity contribution in [2.24, 2.45) is 0 Å². The number of imide groups is 1. The van der Waals surface area contributed by atoms with Gasteiger partial charge in [-0.05, 0) is 60.6 Å². The summed E-state index contributed by atoms with van der Waals surface area (Å²) in [7, 11) is -3.77. The summed E-state index contributed by atoms with van der Waals surface area (Å²) in [6.45, 7) is 0.608. The number of carbonyl (C=O) groups excluding carboxylic acids is 3. The molecule has 3 heterocycles. The highest BCUT2D eigenvalue weighted by Gasteiger charge is 2.41. The van der Waals surface area contributed by atoms with Crippen molar-refractivity contribution >= 4 is 39.3 Å². The second kappa shape index (κ2) is 9.00. The number of nitrogens with one attached hydrogen (secondary N) is 1. The molecule has 0 aliphatic carbocycles. The van der Waals surface area contributed by atoms with Crippen LogP contribution in [0, 0.1) is 5.82 Å². The molecule has 3 amide bonds. The van der Waals surface area contributed by atoms with Gasteiger partial charge in [0, 0.05) is 31.6 Å². The number of sulfonamides is 1. The number of halogens is 2. The van der Waals surface area contributed by atoms with Crippen molar-refractivity contribution in [2.75, 3.05) is 13.1 Å². The van der Waals surface area contributed by atoms with Crippen LogP contribution >= 0.6 is 11.6 Å². The van der Waals surface area contributed by atoms with E-state index in [0.29, 0.717) is 24.0 Å². The van der Waals surface area contributed by atoms with Crippen molar-refractivity contribution in [1.82, 2.24) is 14.5 Å². The van der Waals surface area contributed by atoms with Gasteiger partial charge in [0.25, 0.3) is 5.91 Å². The number of benzene rings is 2. The molecule has 0 spiro atoms. The van der Waals surface area contributed by atoms with E-state index in [0.717, 1.165) is 0 Å². The number of nitrogens with zero attached hydrogens (tertiary/aromatic N) is 2. The van der Waals surface area contributed by atoms with E-state index in [1.54, 1.807) is 12.1 Å². The van der Waals surface area contributed by atoms with Crippen molar-refractivity contribution in [3.63, 3.8) is 0 Å². The van der Waals surface area contributed by atoms with E-state index in [-0.39, 0.29) is 59.8 Å². The minimum Gasteiger partial charge on any atom is -0.322 e. The molecular weight excluding hydrogens is 497 g/mol. The second-order valence-corrected chi connectivity index (χ2v) is 11.3. The van der Waals surface area contributed by atoms with E-state index in [1.165, 1.54) is 33.5 Å². The lowest BCUT2D eigenvalue weighted by molar-refractivity contribution is -0.136. The molecule has 3 aliphatic heterocycles. The van der Waals surface area contributed by atoms with Crippen LogP contribution in [0.2, 0.25) is 5.02 Å². The van der Waals surface area contributed by atoms with Gasteiger partial charge in [-0.2, -0.15) is 4.31 Å². The van der Waals surface area contributed by atoms with Crippen LogP contribution in [-0.2, 0) is 26.2 Å². The van der Waals surface area contributed by atoms with E-state index in [4.69, 9.17) is 11.6 Å². The van der Waals surface area contributed by atoms with Gasteiger partial charge >= 0.3 is 0 Å². The van der Waals surface area contributed by atoms with Crippen LogP contribution in [0.15, 0.2) is 41.3 Å². The van der Waals surface area contributed by atoms with Gasteiger partial charge in [-0.1, -0.05) is 23.7 Å². The smallest absolute Gasteiger partial charge is 0.255 e. The maximum atomic E-state index is 14.6. The van der Waals surface area contributed by atoms with E-state index >= 15 is 0 Å². The Morgan fingerprint density at radius 3 is 2.43 bits per heavy atom. The van der Waals surface area contributed by atoms with Gasteiger partial charge in [0.15, 0.2) is 0 Å². The first-order chi connectivity index (χ1) is 16.7. The summed E-state index contributed by atoms with van der Waals surface area (Å²) in [6.07, 6.45) is 1.26. The normalized spacial score (nSPS) is 21.8. The third-order valence-electron chi connectivity index (χ3n) is 7.00. The standard InChI is InChI=1S/C24H23ClFN3O5S/c25-19-3-1-2-4-21(19)35(33,34)28-9-7-14(8-10-28)16-11-15(26)12-17-18(16)13-29(24(17)32)20-5-6-22(30)27-23(20)31/h1-4,11-12,14,20H,5-10,13H2,(H,27,30,31). The third kappa shape index (κ3) is 4.23. The Hall–Kier alpha value is -2.82. The number of hydrogen-bond donors (Lipinski definition) is 1. The van der Waals surface area contributed by atoms with Crippen molar-refractivity contribution < 1.29 is 27.2 Å². The average molecular weight is 520 g/mol. The van der Waals surface area contributed by atoms with Crippen LogP contribution in [0.1, 0.15) is 53.1 Å². The topological polar surface area (TPSA) is 104 Å². The molecule has 5 rings (SSSR count). The maximum absolute atomic E-state index is 14.6. The van der Waals surface area contributed by atoms with Gasteiger partial charge < -0.3 is 4.90 Å². The molecule has 0 radical (unpaired) electrons. The van der Waals surface area contributed by atoms with Gasteiger partial charge in [-0.15, -0.1) is 0 Å². The monoisotopic (exact) mass is 519 g/mol. The van der Waals surface area contributed by atoms with Crippen molar-refractivity contribution in [3.8, 4) is 0 Å². The van der Waals surface area contributed by atoms with E-state index in [1.807, 2.05) is 0 Å². The summed E-state index contributed by atoms with van der Waals surface area (Å²) in [5.74, 6) is -2.04. The van der Waals surface area contributed by atoms with Gasteiger partial charge in [0.05, 0.1) is 5.02 Å². The van der Waals surface area contributed by atoms with E-state index < -0.39 is 33.7 Å². The predicted molar refractivity (Wildman–Crippen MR) is 125 cm³/mol. The molecule has 0 saturated carbocycles. The lowest BCUT2D eigenvalue weighted by atomic mass is 9.86. The molecule has 35 heavy (non-hydrogen) atoms. The number of amides is 3. The molecule has 8 nitrogen and oxygen atoms in total. The fourth-order valence-corrected chi connectivity index (χ4v) is 7.18. The number of hydrogen-bond acceptors (Lipinski definition) is 5. The van der Waals surface area contributed by atoms with Crippen molar-refractivity contribution in [3.05, 3.63) is 63.9 Å². The van der Waals surface area contributed by atoms with Crippen LogP contribution in [-0.4, -0.2) is 54.5 Å². The summed E-state index contributed by atoms with van der Waals surface area (Å²) in [5.41, 5.74) is 1.54. The minimum atomic E-state index is -3.77. The maximum Gasteiger partial charge on any atom is 0.255 e. The molecule has 2 aromatic carbocycles. The van der Waals surface area contributed by atoms with Gasteiger partial charge in [0.1, 0.15) is 16.8 Å². The molecule has 3 aliphatic rings. The van der Waals surface area contributed by atoms with Gasteiger partial charge in [0.2, 0.25) is 21.8 Å². The zero-order valence-electron chi connectivity index (χ0n) is 18.7. The molecule has 0 aromatic heterocycles. The Morgan fingerprint density at radius 2 is 1.74 bits per heavy atom. The van der Waals surface area contributed by atoms with Crippen molar-refractivity contribution in [1.29, 1.82) is 0 Å². The summed E-state index contributed by atoms with van der Waals surface area (Å²) in [4.78, 5) is 38.4. The van der Waals surface area contributed by atoms with Crippen LogP contribution in [0.25, 0.3) is 0 Å². The Labute approximate surface area is 207 Å². The minimum absolute atomic E-state index is 0.0530. The Bertz CT molecular complexity index is 1340. The lowest BCUT2D eigenvalue weighted by Crippen LogP contribution is -2.52. The quantitative estimate of drug-likeness (QED) is 0.626. The first-order valence-electron chi connectivity index (χ1n) is 11.4. The molecule has 1 unspecified atom stereocenters. The zero-order valence-corrected chi connectivity index (χ0v) is 20.2. The van der Waals surface area contributed by atoms with E-state index in [2.05, 4.69) is 5.32 Å². The molecular formula is C24H23ClFN3O5S. The first kappa shape index (κ1) is 23.9. The van der Waals surface area contributed by atoms with Crippen LogP contribution in [0.5, 0.6) is 0 Å². The number of fused-ring (bicyclic) bond motifs is 1. The Balaban J connectivity index is 1.37. The second-order valence-electron chi connectivity index (χ2n) is 9.03. The molecule has 1 N–H and O–H groups in total. The zero-order chi connectivity index (χ0) is 24.9. The molecule has 2 aromatic rings. The van der Waals surface area contributed by atoms with E-state index in [9.17, 15) is 27.2 Å². The van der Waals surface area contributed by atoms with Crippen molar-refractivity contribution in [2.45, 2.75) is 49.1 Å². The van der Waals surface area contributed by atoms with Crippen LogP contribution < -0.4 is 5.32 Å². The summed E-state index contributed by atoms with van der Waals surface area (Å²) in [6, 6.07) is 8.09. The summed E-state index contributed by atoms with van der Waals surface area (Å²) in [5, 5.41) is 2.42. The largest absolute Gasteiger partial charge is 0.322 e. The first-order valence-corrected chi connectivity index (χ1v) is 13.2.